The molecular weight excluding hydrogens is 184 g/mol. The minimum atomic E-state index is 0.0296. The van der Waals surface area contributed by atoms with Crippen LogP contribution in [0.2, 0.25) is 0 Å². The Morgan fingerprint density at radius 1 is 1.23 bits per heavy atom. The number of hydrogen-bond acceptors (Lipinski definition) is 1. The number of halogens is 1. The molecule has 0 aromatic carbocycles. The van der Waals surface area contributed by atoms with Crippen LogP contribution in [0.15, 0.2) is 10.6 Å². The molecule has 0 atom stereocenters. The van der Waals surface area contributed by atoms with E-state index in [0.717, 1.165) is 12.8 Å². The molecule has 2 heteroatoms. The molecule has 0 N–H and O–H groups in total. The fraction of sp³-hybridized carbons (Fsp3) is 0.727. The van der Waals surface area contributed by atoms with E-state index in [9.17, 15) is 4.79 Å². The van der Waals surface area contributed by atoms with E-state index in [-0.39, 0.29) is 11.7 Å². The summed E-state index contributed by atoms with van der Waals surface area (Å²) >= 11 is 6.04. The maximum Gasteiger partial charge on any atom is 0.176 e. The molecule has 0 unspecified atom stereocenters. The number of carbonyl (C=O) groups excluding carboxylic acids is 1. The third-order valence-electron chi connectivity index (χ3n) is 2.51. The molecular formula is C11H17ClO. The molecule has 0 heterocycles. The van der Waals surface area contributed by atoms with Crippen molar-refractivity contribution in [2.45, 2.75) is 46.0 Å². The molecule has 1 fully saturated rings. The second-order valence-corrected chi connectivity index (χ2v) is 4.38. The van der Waals surface area contributed by atoms with Gasteiger partial charge in [-0.2, -0.15) is 0 Å². The molecule has 1 aliphatic carbocycles. The molecule has 1 nitrogen and oxygen atoms in total. The van der Waals surface area contributed by atoms with Crippen molar-refractivity contribution in [3.05, 3.63) is 10.6 Å². The van der Waals surface area contributed by atoms with Crippen LogP contribution in [0.3, 0.4) is 0 Å². The predicted molar refractivity (Wildman–Crippen MR) is 55.8 cm³/mol. The molecule has 74 valence electrons. The molecule has 0 spiro atoms. The number of Topliss-reactive ketones (excluding diaryl/α,β-unsaturated/α-hetero) is 1. The van der Waals surface area contributed by atoms with Gasteiger partial charge in [0, 0.05) is 5.92 Å². The van der Waals surface area contributed by atoms with E-state index in [2.05, 4.69) is 0 Å². The van der Waals surface area contributed by atoms with Crippen molar-refractivity contribution in [1.82, 2.24) is 0 Å². The summed E-state index contributed by atoms with van der Waals surface area (Å²) in [5.74, 6) is 0.139. The van der Waals surface area contributed by atoms with Gasteiger partial charge in [-0.25, -0.2) is 0 Å². The van der Waals surface area contributed by atoms with Gasteiger partial charge in [-0.1, -0.05) is 31.9 Å². The molecule has 0 aromatic rings. The molecule has 1 saturated carbocycles. The van der Waals surface area contributed by atoms with Gasteiger partial charge in [-0.3, -0.25) is 4.79 Å². The number of allylic oxidation sites excluding steroid dienone is 2. The topological polar surface area (TPSA) is 17.1 Å². The Morgan fingerprint density at radius 3 is 2.23 bits per heavy atom. The molecule has 1 aliphatic rings. The maximum atomic E-state index is 11.6. The van der Waals surface area contributed by atoms with Crippen molar-refractivity contribution in [3.8, 4) is 0 Å². The number of rotatable bonds is 2. The third kappa shape index (κ3) is 2.84. The minimum Gasteiger partial charge on any atom is -0.293 e. The fourth-order valence-corrected chi connectivity index (χ4v) is 2.03. The lowest BCUT2D eigenvalue weighted by atomic mass is 9.92. The van der Waals surface area contributed by atoms with Gasteiger partial charge in [0.15, 0.2) is 5.78 Å². The lowest BCUT2D eigenvalue weighted by molar-refractivity contribution is -0.117. The molecule has 0 aromatic heterocycles. The zero-order valence-corrected chi connectivity index (χ0v) is 9.16. The monoisotopic (exact) mass is 200 g/mol. The van der Waals surface area contributed by atoms with Crippen molar-refractivity contribution in [3.63, 3.8) is 0 Å². The van der Waals surface area contributed by atoms with Crippen LogP contribution >= 0.6 is 11.6 Å². The van der Waals surface area contributed by atoms with Crippen molar-refractivity contribution in [2.24, 2.45) is 5.92 Å². The highest BCUT2D eigenvalue weighted by molar-refractivity contribution is 6.43. The first-order valence-corrected chi connectivity index (χ1v) is 5.42. The summed E-state index contributed by atoms with van der Waals surface area (Å²) in [5, 5.41) is 0.523. The maximum absolute atomic E-state index is 11.6. The molecule has 13 heavy (non-hydrogen) atoms. The largest absolute Gasteiger partial charge is 0.293 e. The van der Waals surface area contributed by atoms with Crippen LogP contribution < -0.4 is 0 Å². The first kappa shape index (κ1) is 10.8. The van der Waals surface area contributed by atoms with Crippen LogP contribution in [0.5, 0.6) is 0 Å². The SMILES string of the molecule is CC(C)C(=O)C(Cl)=C1CCCCC1. The lowest BCUT2D eigenvalue weighted by Gasteiger charge is -2.16. The average Bonchev–Trinajstić information content (AvgIpc) is 2.17. The summed E-state index contributed by atoms with van der Waals surface area (Å²) in [7, 11) is 0. The van der Waals surface area contributed by atoms with E-state index in [1.165, 1.54) is 24.8 Å². The molecule has 0 radical (unpaired) electrons. The highest BCUT2D eigenvalue weighted by atomic mass is 35.5. The Labute approximate surface area is 85.2 Å². The summed E-state index contributed by atoms with van der Waals surface area (Å²) in [5.41, 5.74) is 1.19. The summed E-state index contributed by atoms with van der Waals surface area (Å²) in [6.45, 7) is 3.79. The molecule has 0 amide bonds. The number of carbonyl (C=O) groups is 1. The standard InChI is InChI=1S/C11H17ClO/c1-8(2)11(13)10(12)9-6-4-3-5-7-9/h8H,3-7H2,1-2H3. The van der Waals surface area contributed by atoms with Crippen LogP contribution in [-0.2, 0) is 4.79 Å². The minimum absolute atomic E-state index is 0.0296. The smallest absolute Gasteiger partial charge is 0.176 e. The Balaban J connectivity index is 2.71. The summed E-state index contributed by atoms with van der Waals surface area (Å²) < 4.78 is 0. The van der Waals surface area contributed by atoms with Crippen LogP contribution in [-0.4, -0.2) is 5.78 Å². The second-order valence-electron chi connectivity index (χ2n) is 4.00. The fourth-order valence-electron chi connectivity index (χ4n) is 1.63. The Morgan fingerprint density at radius 2 is 1.77 bits per heavy atom. The Hall–Kier alpha value is -0.300. The second kappa shape index (κ2) is 4.80. The van der Waals surface area contributed by atoms with E-state index >= 15 is 0 Å². The zero-order chi connectivity index (χ0) is 9.84. The van der Waals surface area contributed by atoms with E-state index in [0.29, 0.717) is 5.03 Å². The summed E-state index contributed by atoms with van der Waals surface area (Å²) in [6, 6.07) is 0. The van der Waals surface area contributed by atoms with Gasteiger partial charge in [-0.15, -0.1) is 0 Å². The summed E-state index contributed by atoms with van der Waals surface area (Å²) in [4.78, 5) is 11.6. The Bertz CT molecular complexity index is 220. The van der Waals surface area contributed by atoms with Gasteiger partial charge in [0.2, 0.25) is 0 Å². The third-order valence-corrected chi connectivity index (χ3v) is 2.96. The summed E-state index contributed by atoms with van der Waals surface area (Å²) in [6.07, 6.45) is 5.71. The van der Waals surface area contributed by atoms with Crippen LogP contribution in [0.1, 0.15) is 46.0 Å². The Kier molecular flexibility index (Phi) is 3.98. The number of hydrogen-bond donors (Lipinski definition) is 0. The van der Waals surface area contributed by atoms with E-state index in [1.54, 1.807) is 0 Å². The van der Waals surface area contributed by atoms with Gasteiger partial charge in [-0.05, 0) is 31.3 Å². The highest BCUT2D eigenvalue weighted by Gasteiger charge is 2.17. The van der Waals surface area contributed by atoms with Gasteiger partial charge < -0.3 is 0 Å². The van der Waals surface area contributed by atoms with Crippen LogP contribution in [0.4, 0.5) is 0 Å². The van der Waals surface area contributed by atoms with Crippen molar-refractivity contribution in [2.75, 3.05) is 0 Å². The molecule has 1 rings (SSSR count). The molecule has 0 saturated heterocycles. The van der Waals surface area contributed by atoms with Gasteiger partial charge in [0.05, 0.1) is 5.03 Å². The highest BCUT2D eigenvalue weighted by Crippen LogP contribution is 2.28. The van der Waals surface area contributed by atoms with E-state index < -0.39 is 0 Å². The van der Waals surface area contributed by atoms with Gasteiger partial charge in [0.25, 0.3) is 0 Å². The van der Waals surface area contributed by atoms with Crippen molar-refractivity contribution < 1.29 is 4.79 Å². The van der Waals surface area contributed by atoms with Crippen LogP contribution in [0, 0.1) is 5.92 Å². The predicted octanol–water partition coefficient (Wildman–Crippen LogP) is 3.67. The first-order chi connectivity index (χ1) is 6.13. The van der Waals surface area contributed by atoms with Gasteiger partial charge in [0.1, 0.15) is 0 Å². The van der Waals surface area contributed by atoms with Crippen molar-refractivity contribution >= 4 is 17.4 Å². The zero-order valence-electron chi connectivity index (χ0n) is 8.40. The molecule has 0 aliphatic heterocycles. The van der Waals surface area contributed by atoms with E-state index in [4.69, 9.17) is 11.6 Å². The van der Waals surface area contributed by atoms with Crippen molar-refractivity contribution in [1.29, 1.82) is 0 Å². The van der Waals surface area contributed by atoms with E-state index in [1.807, 2.05) is 13.8 Å². The lowest BCUT2D eigenvalue weighted by Crippen LogP contribution is -2.10. The van der Waals surface area contributed by atoms with Gasteiger partial charge >= 0.3 is 0 Å². The average molecular weight is 201 g/mol. The molecule has 0 bridgehead atoms. The quantitative estimate of drug-likeness (QED) is 0.622. The number of ketones is 1. The first-order valence-electron chi connectivity index (χ1n) is 5.04. The van der Waals surface area contributed by atoms with Crippen LogP contribution in [0.25, 0.3) is 0 Å². The normalized spacial score (nSPS) is 17.7.